The topological polar surface area (TPSA) is 124 Å². The molecule has 4 aliphatic rings. The monoisotopic (exact) mass is 660 g/mol. The highest BCUT2D eigenvalue weighted by molar-refractivity contribution is 7.85. The minimum Gasteiger partial charge on any atom is -0.344 e. The fourth-order valence-electron chi connectivity index (χ4n) is 7.60. The van der Waals surface area contributed by atoms with Crippen LogP contribution in [0, 0.1) is 0 Å². The van der Waals surface area contributed by atoms with Gasteiger partial charge in [-0.15, -0.1) is 5.06 Å². The highest BCUT2D eigenvalue weighted by atomic mass is 32.2. The van der Waals surface area contributed by atoms with E-state index in [-0.39, 0.29) is 29.6 Å². The number of unbranched alkanes of at least 4 members (excludes halogenated alkanes) is 2. The second-order valence-corrected chi connectivity index (χ2v) is 15.2. The SMILES string of the molecule is CC1(C)C2=[N+](CCC/C2=C\C=C2\N(CCCCCC(=O)ON3C(=O)CCC3=O)c3ccc(S(=O)(=O)O)cc3C2(C)C)c2ccccc21. The molecule has 0 aromatic heterocycles. The van der Waals surface area contributed by atoms with Crippen LogP contribution in [0.25, 0.3) is 0 Å². The number of carbonyl (C=O) groups excluding carboxylic acids is 3. The number of rotatable bonds is 9. The molecule has 6 rings (SSSR count). The van der Waals surface area contributed by atoms with E-state index in [1.54, 1.807) is 12.1 Å². The summed E-state index contributed by atoms with van der Waals surface area (Å²) in [5.74, 6) is -1.60. The Bertz CT molecular complexity index is 1850. The van der Waals surface area contributed by atoms with Crippen LogP contribution in [-0.2, 0) is 40.2 Å². The maximum Gasteiger partial charge on any atom is 0.333 e. The zero-order valence-corrected chi connectivity index (χ0v) is 28.2. The van der Waals surface area contributed by atoms with Gasteiger partial charge in [0.25, 0.3) is 21.9 Å². The highest BCUT2D eigenvalue weighted by Gasteiger charge is 2.48. The van der Waals surface area contributed by atoms with Crippen molar-refractivity contribution < 1.29 is 36.8 Å². The highest BCUT2D eigenvalue weighted by Crippen LogP contribution is 2.49. The average molecular weight is 661 g/mol. The number of hydroxylamine groups is 2. The maximum absolute atomic E-state index is 12.3. The molecule has 4 aliphatic heterocycles. The summed E-state index contributed by atoms with van der Waals surface area (Å²) in [6, 6.07) is 13.4. The van der Waals surface area contributed by atoms with Crippen molar-refractivity contribution in [1.29, 1.82) is 0 Å². The lowest BCUT2D eigenvalue weighted by Gasteiger charge is -2.27. The molecular formula is C36H42N3O7S+. The van der Waals surface area contributed by atoms with Gasteiger partial charge >= 0.3 is 5.97 Å². The number of hydrogen-bond acceptors (Lipinski definition) is 7. The molecule has 0 atom stereocenters. The van der Waals surface area contributed by atoms with Crippen LogP contribution in [0.4, 0.5) is 11.4 Å². The van der Waals surface area contributed by atoms with Gasteiger partial charge in [-0.25, -0.2) is 4.79 Å². The number of imide groups is 1. The number of para-hydroxylation sites is 1. The van der Waals surface area contributed by atoms with Crippen molar-refractivity contribution in [1.82, 2.24) is 5.06 Å². The minimum absolute atomic E-state index is 0.0566. The molecular weight excluding hydrogens is 618 g/mol. The Morgan fingerprint density at radius 1 is 0.936 bits per heavy atom. The fourth-order valence-corrected chi connectivity index (χ4v) is 8.10. The van der Waals surface area contributed by atoms with Crippen molar-refractivity contribution >= 4 is 45.0 Å². The summed E-state index contributed by atoms with van der Waals surface area (Å²) in [6.45, 7) is 10.3. The Balaban J connectivity index is 1.25. The van der Waals surface area contributed by atoms with E-state index in [1.807, 2.05) is 0 Å². The molecule has 10 nitrogen and oxygen atoms in total. The van der Waals surface area contributed by atoms with Gasteiger partial charge in [0.2, 0.25) is 5.69 Å². The summed E-state index contributed by atoms with van der Waals surface area (Å²) in [7, 11) is -4.38. The van der Waals surface area contributed by atoms with Crippen LogP contribution in [0.2, 0.25) is 0 Å². The summed E-state index contributed by atoms with van der Waals surface area (Å²) >= 11 is 0. The second kappa shape index (κ2) is 12.2. The summed E-state index contributed by atoms with van der Waals surface area (Å²) in [5, 5.41) is 0.577. The van der Waals surface area contributed by atoms with E-state index in [0.29, 0.717) is 24.4 Å². The van der Waals surface area contributed by atoms with Gasteiger partial charge in [-0.2, -0.15) is 13.0 Å². The number of fused-ring (bicyclic) bond motifs is 3. The van der Waals surface area contributed by atoms with Gasteiger partial charge < -0.3 is 9.74 Å². The Morgan fingerprint density at radius 3 is 2.38 bits per heavy atom. The van der Waals surface area contributed by atoms with E-state index >= 15 is 0 Å². The molecule has 0 bridgehead atoms. The molecule has 1 fully saturated rings. The Hall–Kier alpha value is -4.09. The molecule has 248 valence electrons. The molecule has 2 aromatic rings. The second-order valence-electron chi connectivity index (χ2n) is 13.8. The van der Waals surface area contributed by atoms with Crippen LogP contribution < -0.4 is 4.90 Å². The molecule has 0 radical (unpaired) electrons. The molecule has 0 unspecified atom stereocenters. The predicted octanol–water partition coefficient (Wildman–Crippen LogP) is 5.88. The first-order chi connectivity index (χ1) is 22.2. The number of benzene rings is 2. The molecule has 4 heterocycles. The van der Waals surface area contributed by atoms with Crippen LogP contribution in [0.3, 0.4) is 0 Å². The Kier molecular flexibility index (Phi) is 8.50. The number of amides is 2. The van der Waals surface area contributed by atoms with Crippen molar-refractivity contribution in [3.63, 3.8) is 0 Å². The molecule has 0 aliphatic carbocycles. The molecule has 2 aromatic carbocycles. The number of carbonyl (C=O) groups is 3. The third-order valence-corrected chi connectivity index (χ3v) is 10.8. The van der Waals surface area contributed by atoms with Gasteiger partial charge in [0, 0.05) is 66.2 Å². The number of nitrogens with zero attached hydrogens (tertiary/aromatic N) is 3. The summed E-state index contributed by atoms with van der Waals surface area (Å²) in [5.41, 5.74) is 7.20. The van der Waals surface area contributed by atoms with E-state index in [0.717, 1.165) is 42.8 Å². The van der Waals surface area contributed by atoms with Gasteiger partial charge in [0.1, 0.15) is 6.54 Å². The first-order valence-corrected chi connectivity index (χ1v) is 17.8. The standard InChI is InChI=1S/C36H41N3O7S/c1-35(2)27-23-25(47(43,44)45)16-17-29(27)37(21-9-5-6-14-33(42)46-39-31(40)19-20-32(39)41)30(35)18-15-24-11-10-22-38-28-13-8-7-12-26(28)36(3,4)34(24)38/h7-8,12-13,15-18,23H,5-6,9-11,14,19-22H2,1-4H3/p+1. The molecule has 1 N–H and O–H groups in total. The number of hydrogen-bond donors (Lipinski definition) is 1. The Morgan fingerprint density at radius 2 is 1.66 bits per heavy atom. The predicted molar refractivity (Wildman–Crippen MR) is 177 cm³/mol. The lowest BCUT2D eigenvalue weighted by atomic mass is 9.77. The zero-order chi connectivity index (χ0) is 33.7. The molecule has 2 amide bonds. The largest absolute Gasteiger partial charge is 0.344 e. The van der Waals surface area contributed by atoms with Gasteiger partial charge in [-0.1, -0.05) is 44.5 Å². The van der Waals surface area contributed by atoms with Crippen LogP contribution in [0.15, 0.2) is 70.8 Å². The minimum atomic E-state index is -4.38. The summed E-state index contributed by atoms with van der Waals surface area (Å²) < 4.78 is 36.4. The molecule has 1 saturated heterocycles. The normalized spacial score (nSPS) is 21.5. The molecule has 11 heteroatoms. The van der Waals surface area contributed by atoms with Crippen molar-refractivity contribution in [2.45, 2.75) is 94.8 Å². The van der Waals surface area contributed by atoms with E-state index < -0.39 is 33.3 Å². The molecule has 0 spiro atoms. The summed E-state index contributed by atoms with van der Waals surface area (Å²) in [4.78, 5) is 42.9. The van der Waals surface area contributed by atoms with Gasteiger partial charge in [-0.3, -0.25) is 14.1 Å². The van der Waals surface area contributed by atoms with Gasteiger partial charge in [0.15, 0.2) is 5.71 Å². The Labute approximate surface area is 276 Å². The van der Waals surface area contributed by atoms with Crippen molar-refractivity contribution in [3.8, 4) is 0 Å². The molecule has 0 saturated carbocycles. The molecule has 47 heavy (non-hydrogen) atoms. The van der Waals surface area contributed by atoms with Crippen LogP contribution in [0.1, 0.15) is 90.2 Å². The first-order valence-electron chi connectivity index (χ1n) is 16.3. The van der Waals surface area contributed by atoms with E-state index in [4.69, 9.17) is 4.84 Å². The van der Waals surface area contributed by atoms with Gasteiger partial charge in [-0.05, 0) is 62.9 Å². The fraction of sp³-hybridized carbons (Fsp3) is 0.444. The maximum atomic E-state index is 12.3. The first kappa shape index (κ1) is 32.8. The number of anilines is 1. The van der Waals surface area contributed by atoms with Crippen molar-refractivity contribution in [2.24, 2.45) is 0 Å². The zero-order valence-electron chi connectivity index (χ0n) is 27.4. The van der Waals surface area contributed by atoms with Crippen molar-refractivity contribution in [2.75, 3.05) is 18.0 Å². The lowest BCUT2D eigenvalue weighted by molar-refractivity contribution is -0.441. The van der Waals surface area contributed by atoms with Crippen molar-refractivity contribution in [3.05, 3.63) is 77.0 Å². The smallest absolute Gasteiger partial charge is 0.333 e. The van der Waals surface area contributed by atoms with Crippen LogP contribution >= 0.6 is 0 Å². The third-order valence-electron chi connectivity index (χ3n) is 9.93. The number of allylic oxidation sites excluding steroid dienone is 4. The van der Waals surface area contributed by atoms with E-state index in [2.05, 4.69) is 73.6 Å². The third kappa shape index (κ3) is 5.95. The summed E-state index contributed by atoms with van der Waals surface area (Å²) in [6.07, 6.45) is 8.53. The lowest BCUT2D eigenvalue weighted by Crippen LogP contribution is -2.34. The quantitative estimate of drug-likeness (QED) is 0.153. The van der Waals surface area contributed by atoms with Gasteiger partial charge in [0.05, 0.1) is 10.3 Å². The van der Waals surface area contributed by atoms with E-state index in [9.17, 15) is 27.4 Å². The average Bonchev–Trinajstić information content (AvgIpc) is 3.55. The van der Waals surface area contributed by atoms with Crippen LogP contribution in [-0.4, -0.2) is 59.2 Å². The van der Waals surface area contributed by atoms with E-state index in [1.165, 1.54) is 28.6 Å². The van der Waals surface area contributed by atoms with Crippen LogP contribution in [0.5, 0.6) is 0 Å².